The molecule has 0 unspecified atom stereocenters. The van der Waals surface area contributed by atoms with Gasteiger partial charge in [-0.25, -0.2) is 0 Å². The molecule has 1 radical (unpaired) electrons. The topological polar surface area (TPSA) is 63.4 Å². The van der Waals surface area contributed by atoms with Gasteiger partial charge < -0.3 is 6.63 Å². The quantitative estimate of drug-likeness (QED) is 0.247. The molecule has 0 heterocycles. The first-order chi connectivity index (χ1) is 1.73. The summed E-state index contributed by atoms with van der Waals surface area (Å²) in [5.74, 6) is 0. The third-order valence-electron chi connectivity index (χ3n) is 0. The molecule has 0 aliphatic carbocycles. The van der Waals surface area contributed by atoms with Crippen LogP contribution in [0.2, 0.25) is 0 Å². The summed E-state index contributed by atoms with van der Waals surface area (Å²) in [7, 11) is 0. The Balaban J connectivity index is -0.00000000750. The Morgan fingerprint density at radius 3 is 1.71 bits per heavy atom. The van der Waals surface area contributed by atoms with Crippen molar-refractivity contribution in [2.24, 2.45) is 0 Å². The first-order valence-electron chi connectivity index (χ1n) is 0.565. The van der Waals surface area contributed by atoms with E-state index in [2.05, 4.69) is 0 Å². The van der Waals surface area contributed by atoms with E-state index in [0.717, 1.165) is 0 Å². The summed E-state index contributed by atoms with van der Waals surface area (Å²) in [5, 5.41) is 13.6. The molecule has 0 aliphatic heterocycles. The van der Waals surface area contributed by atoms with Crippen LogP contribution in [0.5, 0.6) is 0 Å². The van der Waals surface area contributed by atoms with E-state index in [-0.39, 0.29) is 53.6 Å². The van der Waals surface area contributed by atoms with E-state index in [0.29, 0.717) is 0 Å². The molecule has 0 amide bonds. The Labute approximate surface area is 73.9 Å². The molecule has 0 saturated carbocycles. The Bertz CT molecular complexity index is 42.3. The van der Waals surface area contributed by atoms with E-state index in [1.165, 1.54) is 0 Å². The average molecular weight is 189 g/mol. The van der Waals surface area contributed by atoms with Gasteiger partial charge in [0.25, 0.3) is 5.09 Å². The zero-order chi connectivity index (χ0) is 3.58. The normalized spacial score (nSPS) is 3.43. The van der Waals surface area contributed by atoms with Crippen LogP contribution in [-0.4, -0.2) is 10.3 Å². The average Bonchev–Trinajstić information content (AvgIpc) is 0.811. The number of hydrogen-bond donors (Lipinski definition) is 1. The van der Waals surface area contributed by atoms with E-state index in [9.17, 15) is 0 Å². The monoisotopic (exact) mass is 188 g/mol. The SMILES string of the molecule is O=[N+]([O-])O.[Co].[H-].[Li+].[Ni]. The van der Waals surface area contributed by atoms with Gasteiger partial charge in [0.15, 0.2) is 0 Å². The maximum Gasteiger partial charge on any atom is 1.00 e. The molecule has 7 heteroatoms. The summed E-state index contributed by atoms with van der Waals surface area (Å²) in [4.78, 5) is 8.36. The zero-order valence-corrected chi connectivity index (χ0v) is 5.39. The molecule has 0 bridgehead atoms. The van der Waals surface area contributed by atoms with Crippen molar-refractivity contribution in [1.29, 1.82) is 0 Å². The maximum absolute atomic E-state index is 8.36. The van der Waals surface area contributed by atoms with Gasteiger partial charge >= 0.3 is 18.9 Å². The molecular formula is H2CoLiNNiO3. The molecule has 0 saturated heterocycles. The Morgan fingerprint density at radius 2 is 1.71 bits per heavy atom. The van der Waals surface area contributed by atoms with Gasteiger partial charge in [-0.15, -0.1) is 10.1 Å². The predicted molar refractivity (Wildman–Crippen MR) is 9.89 cm³/mol. The molecule has 1 N–H and O–H groups in total. The first kappa shape index (κ1) is 25.0. The molecule has 0 aliphatic rings. The fourth-order valence-corrected chi connectivity index (χ4v) is 0. The second-order valence-corrected chi connectivity index (χ2v) is 0.238. The fourth-order valence-electron chi connectivity index (χ4n) is 0. The molecular weight excluding hydrogens is 187 g/mol. The third-order valence-corrected chi connectivity index (χ3v) is 0. The Kier molecular flexibility index (Phi) is 56.5. The van der Waals surface area contributed by atoms with Crippen LogP contribution in [0.3, 0.4) is 0 Å². The van der Waals surface area contributed by atoms with Crippen LogP contribution in [0.4, 0.5) is 0 Å². The van der Waals surface area contributed by atoms with Crippen LogP contribution in [0.15, 0.2) is 0 Å². The maximum atomic E-state index is 8.36. The van der Waals surface area contributed by atoms with Gasteiger partial charge in [-0.05, 0) is 0 Å². The summed E-state index contributed by atoms with van der Waals surface area (Å²) < 4.78 is 0. The molecule has 0 atom stereocenters. The molecule has 0 fully saturated rings. The fraction of sp³-hybridized carbons (Fsp3) is 0. The third kappa shape index (κ3) is 246. The van der Waals surface area contributed by atoms with Crippen molar-refractivity contribution in [3.63, 3.8) is 0 Å². The minimum Gasteiger partial charge on any atom is -1.00 e. The molecule has 0 aromatic rings. The smallest absolute Gasteiger partial charge is 1.00 e. The first-order valence-corrected chi connectivity index (χ1v) is 0.565. The van der Waals surface area contributed by atoms with Crippen molar-refractivity contribution in [3.8, 4) is 0 Å². The van der Waals surface area contributed by atoms with Crippen LogP contribution >= 0.6 is 0 Å². The van der Waals surface area contributed by atoms with Crippen molar-refractivity contribution in [2.45, 2.75) is 0 Å². The number of hydrogen-bond acceptors (Lipinski definition) is 2. The number of nitrogens with zero attached hydrogens (tertiary/aromatic N) is 1. The van der Waals surface area contributed by atoms with Gasteiger partial charge in [0.2, 0.25) is 0 Å². The largest absolute Gasteiger partial charge is 1.00 e. The van der Waals surface area contributed by atoms with Gasteiger partial charge in [0.1, 0.15) is 0 Å². The van der Waals surface area contributed by atoms with Crippen molar-refractivity contribution in [3.05, 3.63) is 10.1 Å². The van der Waals surface area contributed by atoms with E-state index < -0.39 is 5.09 Å². The summed E-state index contributed by atoms with van der Waals surface area (Å²) in [6, 6.07) is 0. The van der Waals surface area contributed by atoms with Gasteiger partial charge in [-0.1, -0.05) is 0 Å². The second kappa shape index (κ2) is 15.8. The molecule has 4 nitrogen and oxygen atoms in total. The predicted octanol–water partition coefficient (Wildman–Crippen LogP) is -3.24. The second-order valence-electron chi connectivity index (χ2n) is 0.238. The van der Waals surface area contributed by atoms with Crippen molar-refractivity contribution < 1.29 is 63.9 Å². The van der Waals surface area contributed by atoms with Crippen LogP contribution < -0.4 is 18.9 Å². The van der Waals surface area contributed by atoms with Crippen LogP contribution in [0.1, 0.15) is 1.43 Å². The van der Waals surface area contributed by atoms with Crippen molar-refractivity contribution in [2.75, 3.05) is 0 Å². The van der Waals surface area contributed by atoms with E-state index in [4.69, 9.17) is 15.3 Å². The molecule has 0 rings (SSSR count). The summed E-state index contributed by atoms with van der Waals surface area (Å²) in [6.45, 7) is 0. The molecule has 7 heavy (non-hydrogen) atoms. The molecule has 0 aromatic heterocycles. The Hall–Kier alpha value is 0.797. The van der Waals surface area contributed by atoms with E-state index in [1.54, 1.807) is 0 Å². The van der Waals surface area contributed by atoms with Crippen LogP contribution in [0.25, 0.3) is 0 Å². The molecule has 0 aromatic carbocycles. The van der Waals surface area contributed by atoms with Crippen molar-refractivity contribution in [1.82, 2.24) is 0 Å². The van der Waals surface area contributed by atoms with E-state index in [1.807, 2.05) is 0 Å². The van der Waals surface area contributed by atoms with Crippen LogP contribution in [-0.2, 0) is 33.3 Å². The standard InChI is InChI=1S/Co.Li.HNO3.Ni.H/c;;2-1(3)4;;/h;;(H,2,3,4);;/q;+1;;;-1. The summed E-state index contributed by atoms with van der Waals surface area (Å²) >= 11 is 0. The van der Waals surface area contributed by atoms with E-state index >= 15 is 0 Å². The van der Waals surface area contributed by atoms with Gasteiger partial charge in [-0.2, -0.15) is 0 Å². The number of rotatable bonds is 0. The summed E-state index contributed by atoms with van der Waals surface area (Å²) in [6.07, 6.45) is 0. The van der Waals surface area contributed by atoms with Crippen molar-refractivity contribution >= 4 is 0 Å². The molecule has 0 spiro atoms. The van der Waals surface area contributed by atoms with Gasteiger partial charge in [0, 0.05) is 33.3 Å². The Morgan fingerprint density at radius 1 is 1.71 bits per heavy atom. The minimum atomic E-state index is -1.50. The van der Waals surface area contributed by atoms with Gasteiger partial charge in [0.05, 0.1) is 0 Å². The van der Waals surface area contributed by atoms with Crippen LogP contribution in [0, 0.1) is 10.1 Å². The van der Waals surface area contributed by atoms with Gasteiger partial charge in [-0.3, -0.25) is 0 Å². The molecule has 45 valence electrons. The minimum absolute atomic E-state index is 0. The summed E-state index contributed by atoms with van der Waals surface area (Å²) in [5.41, 5.74) is 0. The zero-order valence-electron chi connectivity index (χ0n) is 4.36.